The highest BCUT2D eigenvalue weighted by Crippen LogP contribution is 2.25. The van der Waals surface area contributed by atoms with E-state index < -0.39 is 9.52 Å². The molecule has 1 aromatic carbocycles. The third-order valence-corrected chi connectivity index (χ3v) is 10.1. The van der Waals surface area contributed by atoms with Crippen LogP contribution in [0.5, 0.6) is 0 Å². The second kappa shape index (κ2) is 39.7. The quantitative estimate of drug-likeness (QED) is 0.0971. The minimum absolute atomic E-state index is 0.277. The Morgan fingerprint density at radius 1 is 0.933 bits per heavy atom. The topological polar surface area (TPSA) is 58.2 Å². The third kappa shape index (κ3) is 34.4. The highest BCUT2D eigenvalue weighted by atomic mass is 32.2. The highest BCUT2D eigenvalue weighted by molar-refractivity contribution is 8.01. The Kier molecular flexibility index (Phi) is 46.1. The van der Waals surface area contributed by atoms with Crippen LogP contribution in [0.15, 0.2) is 43.5 Å². The van der Waals surface area contributed by atoms with Gasteiger partial charge in [0.15, 0.2) is 0 Å². The van der Waals surface area contributed by atoms with E-state index in [9.17, 15) is 4.21 Å². The van der Waals surface area contributed by atoms with E-state index in [-0.39, 0.29) is 4.75 Å². The van der Waals surface area contributed by atoms with Gasteiger partial charge in [-0.3, -0.25) is 4.21 Å². The molecule has 1 saturated carbocycles. The van der Waals surface area contributed by atoms with Crippen molar-refractivity contribution in [2.45, 2.75) is 125 Å². The summed E-state index contributed by atoms with van der Waals surface area (Å²) >= 11 is 0. The van der Waals surface area contributed by atoms with Crippen LogP contribution in [0.3, 0.4) is 0 Å². The second-order valence-electron chi connectivity index (χ2n) is 11.1. The molecule has 2 rings (SSSR count). The lowest BCUT2D eigenvalue weighted by Crippen LogP contribution is -2.38. The molecule has 5 heteroatoms. The number of carbonyl (C=O) groups is 1. The number of terminal acetylenes is 2. The Morgan fingerprint density at radius 3 is 1.84 bits per heavy atom. The molecule has 0 saturated heterocycles. The van der Waals surface area contributed by atoms with E-state index >= 15 is 0 Å². The zero-order chi connectivity index (χ0) is 36.0. The summed E-state index contributed by atoms with van der Waals surface area (Å²) < 4.78 is 12.8. The van der Waals surface area contributed by atoms with Crippen LogP contribution in [0.25, 0.3) is 0 Å². The number of unbranched alkanes of at least 4 members (excludes halogenated alkanes) is 1. The van der Waals surface area contributed by atoms with E-state index in [2.05, 4.69) is 79.1 Å². The summed E-state index contributed by atoms with van der Waals surface area (Å²) in [4.78, 5) is 8.00. The van der Waals surface area contributed by atoms with Gasteiger partial charge in [0.2, 0.25) is 0 Å². The minimum Gasteiger partial charge on any atom is -0.315 e. The Bertz CT molecular complexity index is 885. The summed E-state index contributed by atoms with van der Waals surface area (Å²) in [6.45, 7) is 29.7. The first kappa shape index (κ1) is 52.2. The second-order valence-corrected chi connectivity index (χ2v) is 14.3. The molecule has 1 unspecified atom stereocenters. The van der Waals surface area contributed by atoms with Crippen molar-refractivity contribution in [2.75, 3.05) is 31.9 Å². The van der Waals surface area contributed by atoms with Crippen molar-refractivity contribution in [2.24, 2.45) is 11.8 Å². The molecule has 45 heavy (non-hydrogen) atoms. The van der Waals surface area contributed by atoms with E-state index in [1.165, 1.54) is 44.1 Å². The fourth-order valence-electron chi connectivity index (χ4n) is 4.29. The molecule has 2 atom stereocenters. The van der Waals surface area contributed by atoms with Crippen LogP contribution >= 0.6 is 0 Å². The summed E-state index contributed by atoms with van der Waals surface area (Å²) in [5, 5.41) is 6.90. The molecule has 1 aliphatic rings. The fraction of sp³-hybridized carbons (Fsp3) is 0.650. The van der Waals surface area contributed by atoms with Crippen LogP contribution < -0.4 is 10.6 Å². The summed E-state index contributed by atoms with van der Waals surface area (Å²) in [6, 6.07) is 10.4. The molecule has 2 N–H and O–H groups in total. The normalized spacial score (nSPS) is 13.6. The molecule has 4 nitrogen and oxygen atoms in total. The van der Waals surface area contributed by atoms with E-state index in [4.69, 9.17) is 11.2 Å². The number of hydrogen-bond acceptors (Lipinski definition) is 4. The lowest BCUT2D eigenvalue weighted by Gasteiger charge is -2.28. The molecule has 1 aliphatic carbocycles. The van der Waals surface area contributed by atoms with Crippen molar-refractivity contribution in [1.29, 1.82) is 0 Å². The van der Waals surface area contributed by atoms with Gasteiger partial charge < -0.3 is 15.4 Å². The molecule has 0 heterocycles. The van der Waals surface area contributed by atoms with E-state index in [0.717, 1.165) is 51.4 Å². The monoisotopic (exact) mass is 647 g/mol. The Hall–Kier alpha value is -2.31. The maximum atomic E-state index is 13.1. The molecule has 0 bridgehead atoms. The summed E-state index contributed by atoms with van der Waals surface area (Å²) in [6.07, 6.45) is 21.5. The van der Waals surface area contributed by atoms with Gasteiger partial charge in [-0.25, -0.2) is 0 Å². The molecule has 0 radical (unpaired) electrons. The SMILES string of the molecule is C#CC.C#CCCCNCCNC[C@H](Cc1ccccc1)CS(=C)(=O)C(C)(C)C.C=C.C=O.CC.CC.CCC1CCCCC1. The van der Waals surface area contributed by atoms with Crippen LogP contribution in [-0.2, 0) is 20.7 Å². The lowest BCUT2D eigenvalue weighted by atomic mass is 9.88. The molecule has 0 aromatic heterocycles. The van der Waals surface area contributed by atoms with Crippen LogP contribution in [-0.4, -0.2) is 53.5 Å². The van der Waals surface area contributed by atoms with Gasteiger partial charge in [0.25, 0.3) is 0 Å². The number of rotatable bonds is 13. The van der Waals surface area contributed by atoms with Crippen molar-refractivity contribution in [3.8, 4) is 24.7 Å². The van der Waals surface area contributed by atoms with Crippen molar-refractivity contribution in [1.82, 2.24) is 10.6 Å². The maximum absolute atomic E-state index is 13.1. The van der Waals surface area contributed by atoms with Gasteiger partial charge in [0.1, 0.15) is 6.79 Å². The largest absolute Gasteiger partial charge is 0.315 e. The summed E-state index contributed by atoms with van der Waals surface area (Å²) in [5.74, 6) is 11.0. The first-order chi connectivity index (χ1) is 21.6. The van der Waals surface area contributed by atoms with E-state index in [0.29, 0.717) is 11.7 Å². The van der Waals surface area contributed by atoms with Crippen LogP contribution in [0.4, 0.5) is 0 Å². The van der Waals surface area contributed by atoms with Gasteiger partial charge in [0.05, 0.1) is 0 Å². The van der Waals surface area contributed by atoms with Crippen LogP contribution in [0.1, 0.15) is 119 Å². The number of carbonyl (C=O) groups excluding carboxylic acids is 1. The average Bonchev–Trinajstić information content (AvgIpc) is 3.07. The minimum atomic E-state index is -2.15. The zero-order valence-electron chi connectivity index (χ0n) is 31.1. The van der Waals surface area contributed by atoms with Gasteiger partial charge in [0, 0.05) is 30.0 Å². The van der Waals surface area contributed by atoms with Gasteiger partial charge in [-0.05, 0) is 86.4 Å². The van der Waals surface area contributed by atoms with Crippen molar-refractivity contribution >= 4 is 22.2 Å². The average molecular weight is 647 g/mol. The molecule has 0 aliphatic heterocycles. The first-order valence-corrected chi connectivity index (χ1v) is 18.9. The van der Waals surface area contributed by atoms with Crippen molar-refractivity contribution < 1.29 is 9.00 Å². The Morgan fingerprint density at radius 2 is 1.42 bits per heavy atom. The molecule has 1 aromatic rings. The maximum Gasteiger partial charge on any atom is 0.106 e. The Balaban J connectivity index is -0.000000230. The summed E-state index contributed by atoms with van der Waals surface area (Å²) in [5.41, 5.74) is 1.29. The molecular weight excluding hydrogens is 573 g/mol. The van der Waals surface area contributed by atoms with Gasteiger partial charge >= 0.3 is 0 Å². The van der Waals surface area contributed by atoms with Gasteiger partial charge in [-0.2, -0.15) is 0 Å². The molecule has 262 valence electrons. The zero-order valence-corrected chi connectivity index (χ0v) is 32.0. The number of nitrogens with one attached hydrogen (secondary N) is 2. The van der Waals surface area contributed by atoms with Crippen molar-refractivity contribution in [3.05, 3.63) is 49.1 Å². The van der Waals surface area contributed by atoms with E-state index in [1.54, 1.807) is 6.92 Å². The Labute approximate surface area is 283 Å². The van der Waals surface area contributed by atoms with Gasteiger partial charge in [-0.1, -0.05) is 103 Å². The first-order valence-electron chi connectivity index (χ1n) is 17.0. The molecule has 0 spiro atoms. The molecular formula is C40H74N2O2S. The van der Waals surface area contributed by atoms with E-state index in [1.807, 2.05) is 61.3 Å². The smallest absolute Gasteiger partial charge is 0.106 e. The summed E-state index contributed by atoms with van der Waals surface area (Å²) in [7, 11) is -2.15. The fourth-order valence-corrected chi connectivity index (χ4v) is 5.78. The van der Waals surface area contributed by atoms with Crippen LogP contribution in [0.2, 0.25) is 0 Å². The predicted octanol–water partition coefficient (Wildman–Crippen LogP) is 9.24. The third-order valence-electron chi connectivity index (χ3n) is 6.88. The predicted molar refractivity (Wildman–Crippen MR) is 210 cm³/mol. The standard InChI is InChI=1S/C22H36N2OS.C8H16.C3H4.2C2H6.C2H4.CH2O/c1-6-7-11-14-23-15-16-24-18-21(17-20-12-9-8-10-13-20)19-26(5,25)22(2,3)4;1-2-8-6-4-3-5-7-8;1-3-2;4*1-2/h1,8-10,12-13,21,23-24H,5,7,11,14-19H2,2-4H3;8H,2-7H2,1H3;1H,2H3;2*1-2H3;1-2H2;1H2/t21-,26?;;;;;;/m0....../s1. The van der Waals surface area contributed by atoms with Gasteiger partial charge in [-0.15, -0.1) is 37.8 Å². The number of hydrogen-bond donors (Lipinski definition) is 2. The van der Waals surface area contributed by atoms with Crippen LogP contribution in [0, 0.1) is 36.5 Å². The lowest BCUT2D eigenvalue weighted by molar-refractivity contribution is -0.0980. The molecule has 1 fully saturated rings. The number of benzene rings is 1. The highest BCUT2D eigenvalue weighted by Gasteiger charge is 2.26. The van der Waals surface area contributed by atoms with Crippen molar-refractivity contribution in [3.63, 3.8) is 0 Å². The molecule has 0 amide bonds.